The second-order valence-corrected chi connectivity index (χ2v) is 7.59. The molecule has 0 spiro atoms. The number of methoxy groups -OCH3 is 1. The maximum atomic E-state index is 12.8. The van der Waals surface area contributed by atoms with Crippen molar-refractivity contribution in [1.82, 2.24) is 9.66 Å². The van der Waals surface area contributed by atoms with E-state index in [1.807, 2.05) is 0 Å². The smallest absolute Gasteiger partial charge is 0.315 e. The minimum Gasteiger partial charge on any atom is -0.493 e. The summed E-state index contributed by atoms with van der Waals surface area (Å²) in [6.45, 7) is 5.18. The summed E-state index contributed by atoms with van der Waals surface area (Å²) < 4.78 is 12.7. The van der Waals surface area contributed by atoms with Crippen molar-refractivity contribution in [1.29, 1.82) is 0 Å². The summed E-state index contributed by atoms with van der Waals surface area (Å²) in [7, 11) is 1.40. The molecule has 0 fully saturated rings. The van der Waals surface area contributed by atoms with Gasteiger partial charge in [-0.05, 0) is 45.0 Å². The van der Waals surface area contributed by atoms with E-state index in [9.17, 15) is 14.9 Å². The second-order valence-electron chi connectivity index (χ2n) is 6.68. The van der Waals surface area contributed by atoms with E-state index in [0.717, 1.165) is 9.15 Å². The zero-order chi connectivity index (χ0) is 22.0. The van der Waals surface area contributed by atoms with Crippen molar-refractivity contribution >= 4 is 38.7 Å². The Bertz CT molecular complexity index is 1220. The molecule has 9 nitrogen and oxygen atoms in total. The molecule has 0 aliphatic rings. The molecular formula is C20H19BrN4O5. The second kappa shape index (κ2) is 8.62. The molecule has 1 aromatic heterocycles. The van der Waals surface area contributed by atoms with Gasteiger partial charge in [0, 0.05) is 16.1 Å². The number of benzene rings is 2. The van der Waals surface area contributed by atoms with Crippen LogP contribution in [0.1, 0.15) is 25.2 Å². The molecule has 156 valence electrons. The number of nitro groups is 1. The van der Waals surface area contributed by atoms with Gasteiger partial charge in [0.25, 0.3) is 5.56 Å². The molecule has 0 aliphatic heterocycles. The molecule has 1 heterocycles. The number of hydrogen-bond acceptors (Lipinski definition) is 7. The molecule has 3 aromatic rings. The monoisotopic (exact) mass is 474 g/mol. The van der Waals surface area contributed by atoms with Crippen LogP contribution in [0.4, 0.5) is 5.69 Å². The van der Waals surface area contributed by atoms with E-state index in [2.05, 4.69) is 26.0 Å². The van der Waals surface area contributed by atoms with E-state index in [-0.39, 0.29) is 28.8 Å². The number of aromatic nitrogens is 2. The number of rotatable bonds is 6. The van der Waals surface area contributed by atoms with E-state index in [1.165, 1.54) is 19.4 Å². The average Bonchev–Trinajstić information content (AvgIpc) is 2.68. The topological polar surface area (TPSA) is 109 Å². The fraction of sp³-hybridized carbons (Fsp3) is 0.250. The molecule has 0 radical (unpaired) electrons. The van der Waals surface area contributed by atoms with Crippen LogP contribution in [0.15, 0.2) is 44.7 Å². The molecule has 0 atom stereocenters. The molecule has 0 bridgehead atoms. The first-order chi connectivity index (χ1) is 14.2. The molecule has 0 N–H and O–H groups in total. The van der Waals surface area contributed by atoms with Crippen LogP contribution in [0.2, 0.25) is 0 Å². The lowest BCUT2D eigenvalue weighted by Gasteiger charge is -2.14. The van der Waals surface area contributed by atoms with Crippen molar-refractivity contribution < 1.29 is 14.4 Å². The van der Waals surface area contributed by atoms with Gasteiger partial charge in [0.15, 0.2) is 5.75 Å². The van der Waals surface area contributed by atoms with Crippen molar-refractivity contribution in [2.45, 2.75) is 26.9 Å². The van der Waals surface area contributed by atoms with E-state index in [0.29, 0.717) is 22.3 Å². The number of halogens is 1. The highest BCUT2D eigenvalue weighted by molar-refractivity contribution is 9.10. The summed E-state index contributed by atoms with van der Waals surface area (Å²) in [6, 6.07) is 8.08. The number of nitro benzene ring substituents is 1. The Balaban J connectivity index is 2.11. The van der Waals surface area contributed by atoms with Crippen molar-refractivity contribution in [3.8, 4) is 11.5 Å². The molecule has 3 rings (SSSR count). The highest BCUT2D eigenvalue weighted by Crippen LogP contribution is 2.38. The fourth-order valence-electron chi connectivity index (χ4n) is 2.84. The van der Waals surface area contributed by atoms with Crippen LogP contribution in [0.25, 0.3) is 10.9 Å². The zero-order valence-electron chi connectivity index (χ0n) is 16.7. The van der Waals surface area contributed by atoms with Crippen molar-refractivity contribution in [3.63, 3.8) is 0 Å². The van der Waals surface area contributed by atoms with Crippen LogP contribution >= 0.6 is 15.9 Å². The molecule has 0 aliphatic carbocycles. The van der Waals surface area contributed by atoms with Gasteiger partial charge >= 0.3 is 5.69 Å². The van der Waals surface area contributed by atoms with E-state index < -0.39 is 4.92 Å². The van der Waals surface area contributed by atoms with Gasteiger partial charge in [-0.1, -0.05) is 15.9 Å². The molecule has 2 aromatic carbocycles. The van der Waals surface area contributed by atoms with Gasteiger partial charge in [0.05, 0.1) is 35.3 Å². The summed E-state index contributed by atoms with van der Waals surface area (Å²) in [5.74, 6) is 0.622. The van der Waals surface area contributed by atoms with Gasteiger partial charge in [0.2, 0.25) is 5.75 Å². The Kier molecular flexibility index (Phi) is 6.16. The molecular weight excluding hydrogens is 456 g/mol. The largest absolute Gasteiger partial charge is 0.493 e. The number of hydrogen-bond donors (Lipinski definition) is 0. The molecule has 0 amide bonds. The maximum absolute atomic E-state index is 12.8. The van der Waals surface area contributed by atoms with Gasteiger partial charge in [-0.15, -0.1) is 0 Å². The van der Waals surface area contributed by atoms with Gasteiger partial charge in [-0.3, -0.25) is 14.9 Å². The van der Waals surface area contributed by atoms with E-state index in [1.54, 1.807) is 45.0 Å². The van der Waals surface area contributed by atoms with Crippen LogP contribution < -0.4 is 15.0 Å². The third-order valence-electron chi connectivity index (χ3n) is 4.12. The first-order valence-corrected chi connectivity index (χ1v) is 9.77. The molecule has 0 unspecified atom stereocenters. The minimum atomic E-state index is -0.551. The summed E-state index contributed by atoms with van der Waals surface area (Å²) >= 11 is 3.34. The van der Waals surface area contributed by atoms with Crippen molar-refractivity contribution in [3.05, 3.63) is 66.7 Å². The van der Waals surface area contributed by atoms with Gasteiger partial charge in [-0.25, -0.2) is 4.98 Å². The third-order valence-corrected chi connectivity index (χ3v) is 4.61. The van der Waals surface area contributed by atoms with Crippen LogP contribution in [0, 0.1) is 17.0 Å². The van der Waals surface area contributed by atoms with Crippen LogP contribution in [-0.4, -0.2) is 34.0 Å². The first-order valence-electron chi connectivity index (χ1n) is 8.97. The zero-order valence-corrected chi connectivity index (χ0v) is 18.3. The summed E-state index contributed by atoms with van der Waals surface area (Å²) in [4.78, 5) is 28.2. The SMILES string of the molecule is COc1cc(C=Nn2c(C)nc3ccc(Br)cc3c2=O)cc([N+](=O)[O-])c1OC(C)C. The maximum Gasteiger partial charge on any atom is 0.315 e. The minimum absolute atomic E-state index is 0.0419. The highest BCUT2D eigenvalue weighted by atomic mass is 79.9. The van der Waals surface area contributed by atoms with Crippen molar-refractivity contribution in [2.24, 2.45) is 5.10 Å². The molecule has 0 saturated carbocycles. The van der Waals surface area contributed by atoms with Gasteiger partial charge < -0.3 is 9.47 Å². The Morgan fingerprint density at radius 1 is 1.30 bits per heavy atom. The predicted molar refractivity (Wildman–Crippen MR) is 117 cm³/mol. The Labute approximate surface area is 180 Å². The number of aryl methyl sites for hydroxylation is 1. The summed E-state index contributed by atoms with van der Waals surface area (Å²) in [6.07, 6.45) is 1.07. The normalized spacial score (nSPS) is 11.4. The Morgan fingerprint density at radius 3 is 2.67 bits per heavy atom. The van der Waals surface area contributed by atoms with Crippen LogP contribution in [0.5, 0.6) is 11.5 Å². The number of ether oxygens (including phenoxy) is 2. The standard InChI is InChI=1S/C20H19BrN4O5/c1-11(2)30-19-17(25(27)28)7-13(8-18(19)29-4)10-22-24-12(3)23-16-6-5-14(21)9-15(16)20(24)26/h5-11H,1-4H3. The predicted octanol–water partition coefficient (Wildman–Crippen LogP) is 4.05. The van der Waals surface area contributed by atoms with Gasteiger partial charge in [0.1, 0.15) is 5.82 Å². The lowest BCUT2D eigenvalue weighted by atomic mass is 10.2. The number of fused-ring (bicyclic) bond motifs is 1. The quantitative estimate of drug-likeness (QED) is 0.302. The van der Waals surface area contributed by atoms with E-state index >= 15 is 0 Å². The molecule has 30 heavy (non-hydrogen) atoms. The van der Waals surface area contributed by atoms with Crippen LogP contribution in [-0.2, 0) is 0 Å². The lowest BCUT2D eigenvalue weighted by Crippen LogP contribution is -2.20. The molecule has 10 heteroatoms. The Morgan fingerprint density at radius 2 is 2.03 bits per heavy atom. The molecule has 0 saturated heterocycles. The average molecular weight is 475 g/mol. The van der Waals surface area contributed by atoms with E-state index in [4.69, 9.17) is 9.47 Å². The summed E-state index contributed by atoms with van der Waals surface area (Å²) in [5, 5.41) is 16.1. The third kappa shape index (κ3) is 4.33. The lowest BCUT2D eigenvalue weighted by molar-refractivity contribution is -0.386. The Hall–Kier alpha value is -3.27. The highest BCUT2D eigenvalue weighted by Gasteiger charge is 2.23. The van der Waals surface area contributed by atoms with Crippen LogP contribution in [0.3, 0.4) is 0 Å². The fourth-order valence-corrected chi connectivity index (χ4v) is 3.21. The van der Waals surface area contributed by atoms with Crippen molar-refractivity contribution in [2.75, 3.05) is 7.11 Å². The summed E-state index contributed by atoms with van der Waals surface area (Å²) in [5.41, 5.74) is 0.320. The first kappa shape index (κ1) is 21.4. The number of nitrogens with zero attached hydrogens (tertiary/aromatic N) is 4. The van der Waals surface area contributed by atoms with Gasteiger partial charge in [-0.2, -0.15) is 9.78 Å².